The zero-order valence-electron chi connectivity index (χ0n) is 16.0. The number of anilines is 1. The van der Waals surface area contributed by atoms with E-state index < -0.39 is 10.0 Å². The highest BCUT2D eigenvalue weighted by Gasteiger charge is 2.30. The number of fused-ring (bicyclic) bond motifs is 3. The van der Waals surface area contributed by atoms with Crippen LogP contribution in [0.1, 0.15) is 13.3 Å². The highest BCUT2D eigenvalue weighted by molar-refractivity contribution is 7.94. The van der Waals surface area contributed by atoms with Crippen molar-refractivity contribution in [1.29, 1.82) is 0 Å². The van der Waals surface area contributed by atoms with E-state index in [4.69, 9.17) is 9.40 Å². The molecular weight excluding hydrogens is 422 g/mol. The van der Waals surface area contributed by atoms with Gasteiger partial charge in [0.2, 0.25) is 11.5 Å². The number of hydrogen-bond donors (Lipinski definition) is 0. The van der Waals surface area contributed by atoms with Gasteiger partial charge in [0.05, 0.1) is 17.3 Å². The molecule has 5 rings (SSSR count). The van der Waals surface area contributed by atoms with Gasteiger partial charge in [-0.05, 0) is 42.1 Å². The predicted octanol–water partition coefficient (Wildman–Crippen LogP) is 4.20. The first-order valence-electron chi connectivity index (χ1n) is 9.35. The van der Waals surface area contributed by atoms with Gasteiger partial charge in [0.1, 0.15) is 4.21 Å². The molecule has 152 valence electrons. The van der Waals surface area contributed by atoms with E-state index in [0.29, 0.717) is 29.2 Å². The minimum atomic E-state index is -3.79. The molecule has 30 heavy (non-hydrogen) atoms. The van der Waals surface area contributed by atoms with Crippen LogP contribution in [0, 0.1) is 0 Å². The topological polar surface area (TPSA) is 93.6 Å². The summed E-state index contributed by atoms with van der Waals surface area (Å²) < 4.78 is 35.7. The molecule has 0 unspecified atom stereocenters. The molecule has 0 spiro atoms. The first kappa shape index (κ1) is 18.8. The third-order valence-electron chi connectivity index (χ3n) is 4.66. The van der Waals surface area contributed by atoms with Crippen molar-refractivity contribution in [2.75, 3.05) is 10.8 Å². The Morgan fingerprint density at radius 2 is 1.97 bits per heavy atom. The number of benzene rings is 1. The largest absolute Gasteiger partial charge is 0.461 e. The fourth-order valence-corrected chi connectivity index (χ4v) is 5.98. The van der Waals surface area contributed by atoms with Crippen molar-refractivity contribution in [3.63, 3.8) is 0 Å². The van der Waals surface area contributed by atoms with Gasteiger partial charge in [0.15, 0.2) is 11.6 Å². The summed E-state index contributed by atoms with van der Waals surface area (Å²) in [5.41, 5.74) is 1.75. The Balaban J connectivity index is 1.84. The summed E-state index contributed by atoms with van der Waals surface area (Å²) in [5.74, 6) is 1.27. The van der Waals surface area contributed by atoms with Crippen LogP contribution < -0.4 is 4.31 Å². The predicted molar refractivity (Wildman–Crippen MR) is 115 cm³/mol. The van der Waals surface area contributed by atoms with Crippen molar-refractivity contribution >= 4 is 43.9 Å². The molecule has 10 heteroatoms. The average Bonchev–Trinajstić information content (AvgIpc) is 3.52. The van der Waals surface area contributed by atoms with Crippen LogP contribution in [0.25, 0.3) is 28.3 Å². The molecule has 5 aromatic rings. The van der Waals surface area contributed by atoms with Gasteiger partial charge in [0, 0.05) is 6.54 Å². The molecule has 0 amide bonds. The number of thiophene rings is 1. The summed E-state index contributed by atoms with van der Waals surface area (Å²) in [5, 5.41) is 10.3. The van der Waals surface area contributed by atoms with Crippen molar-refractivity contribution in [2.24, 2.45) is 0 Å². The molecule has 0 atom stereocenters. The van der Waals surface area contributed by atoms with Gasteiger partial charge in [-0.3, -0.25) is 4.40 Å². The van der Waals surface area contributed by atoms with Crippen LogP contribution in [0.3, 0.4) is 0 Å². The van der Waals surface area contributed by atoms with Gasteiger partial charge >= 0.3 is 0 Å². The standard InChI is InChI=1S/C20H17N5O3S2/c1-2-11-24(30(26,27)17-10-6-13-29-17)19-20-23-22-18(16-9-5-12-28-16)25(20)15-8-4-3-7-14(15)21-19/h3-10,12-13H,2,11H2,1H3. The molecule has 0 N–H and O–H groups in total. The van der Waals surface area contributed by atoms with Crippen LogP contribution in [-0.4, -0.2) is 34.5 Å². The lowest BCUT2D eigenvalue weighted by Gasteiger charge is -2.23. The third kappa shape index (κ3) is 2.87. The molecule has 0 radical (unpaired) electrons. The summed E-state index contributed by atoms with van der Waals surface area (Å²) in [6.45, 7) is 2.19. The lowest BCUT2D eigenvalue weighted by molar-refractivity contribution is 0.576. The van der Waals surface area contributed by atoms with Gasteiger partial charge in [-0.25, -0.2) is 17.7 Å². The van der Waals surface area contributed by atoms with Crippen LogP contribution in [0.2, 0.25) is 0 Å². The van der Waals surface area contributed by atoms with Crippen LogP contribution in [0.5, 0.6) is 0 Å². The Kier molecular flexibility index (Phi) is 4.52. The summed E-state index contributed by atoms with van der Waals surface area (Å²) in [6.07, 6.45) is 2.18. The lowest BCUT2D eigenvalue weighted by Crippen LogP contribution is -2.32. The van der Waals surface area contributed by atoms with Crippen molar-refractivity contribution in [1.82, 2.24) is 19.6 Å². The molecule has 0 saturated carbocycles. The molecule has 0 saturated heterocycles. The molecule has 0 aliphatic rings. The second-order valence-electron chi connectivity index (χ2n) is 6.59. The Morgan fingerprint density at radius 1 is 1.10 bits per heavy atom. The Hall–Kier alpha value is -3.24. The summed E-state index contributed by atoms with van der Waals surface area (Å²) in [6, 6.07) is 14.4. The average molecular weight is 440 g/mol. The van der Waals surface area contributed by atoms with Crippen LogP contribution in [0.15, 0.2) is 68.8 Å². The minimum Gasteiger partial charge on any atom is -0.461 e. The third-order valence-corrected chi connectivity index (χ3v) is 7.82. The smallest absolute Gasteiger partial charge is 0.275 e. The van der Waals surface area contributed by atoms with Crippen molar-refractivity contribution in [3.8, 4) is 11.6 Å². The minimum absolute atomic E-state index is 0.245. The van der Waals surface area contributed by atoms with E-state index in [1.54, 1.807) is 40.3 Å². The van der Waals surface area contributed by atoms with Crippen LogP contribution >= 0.6 is 11.3 Å². The van der Waals surface area contributed by atoms with Crippen LogP contribution in [-0.2, 0) is 10.0 Å². The van der Waals surface area contributed by atoms with Gasteiger partial charge < -0.3 is 4.42 Å². The molecule has 4 aromatic heterocycles. The second-order valence-corrected chi connectivity index (χ2v) is 9.63. The molecule has 0 fully saturated rings. The molecule has 0 aliphatic heterocycles. The van der Waals surface area contributed by atoms with E-state index in [-0.39, 0.29) is 16.6 Å². The molecule has 8 nitrogen and oxygen atoms in total. The van der Waals surface area contributed by atoms with E-state index in [1.807, 2.05) is 31.2 Å². The fraction of sp³-hybridized carbons (Fsp3) is 0.150. The Labute approximate surface area is 176 Å². The number of hydrogen-bond acceptors (Lipinski definition) is 7. The summed E-state index contributed by atoms with van der Waals surface area (Å²) in [4.78, 5) is 4.69. The van der Waals surface area contributed by atoms with Gasteiger partial charge in [-0.15, -0.1) is 21.5 Å². The Morgan fingerprint density at radius 3 is 2.70 bits per heavy atom. The van der Waals surface area contributed by atoms with E-state index in [2.05, 4.69) is 10.2 Å². The normalized spacial score (nSPS) is 12.0. The van der Waals surface area contributed by atoms with Crippen molar-refractivity contribution < 1.29 is 12.8 Å². The highest BCUT2D eigenvalue weighted by atomic mass is 32.2. The number of nitrogens with zero attached hydrogens (tertiary/aromatic N) is 5. The maximum absolute atomic E-state index is 13.4. The quantitative estimate of drug-likeness (QED) is 0.394. The van der Waals surface area contributed by atoms with E-state index >= 15 is 0 Å². The molecule has 0 bridgehead atoms. The van der Waals surface area contributed by atoms with Gasteiger partial charge in [-0.1, -0.05) is 25.1 Å². The summed E-state index contributed by atoms with van der Waals surface area (Å²) >= 11 is 1.18. The lowest BCUT2D eigenvalue weighted by atomic mass is 10.3. The maximum Gasteiger partial charge on any atom is 0.275 e. The zero-order chi connectivity index (χ0) is 20.7. The van der Waals surface area contributed by atoms with E-state index in [0.717, 1.165) is 5.52 Å². The Bertz CT molecular complexity index is 1420. The SMILES string of the molecule is CCCN(c1nc2ccccc2n2c(-c3ccco3)nnc12)S(=O)(=O)c1cccs1. The van der Waals surface area contributed by atoms with Gasteiger partial charge in [-0.2, -0.15) is 0 Å². The monoisotopic (exact) mass is 439 g/mol. The first-order chi connectivity index (χ1) is 14.6. The number of para-hydroxylation sites is 2. The van der Waals surface area contributed by atoms with Gasteiger partial charge in [0.25, 0.3) is 10.0 Å². The number of furan rings is 1. The van der Waals surface area contributed by atoms with Crippen LogP contribution in [0.4, 0.5) is 5.82 Å². The second kappa shape index (κ2) is 7.22. The molecular formula is C20H17N5O3S2. The number of rotatable bonds is 6. The fourth-order valence-electron chi connectivity index (χ4n) is 3.36. The molecule has 0 aliphatic carbocycles. The molecule has 4 heterocycles. The zero-order valence-corrected chi connectivity index (χ0v) is 17.6. The van der Waals surface area contributed by atoms with E-state index in [9.17, 15) is 8.42 Å². The maximum atomic E-state index is 13.4. The van der Waals surface area contributed by atoms with E-state index in [1.165, 1.54) is 15.6 Å². The highest BCUT2D eigenvalue weighted by Crippen LogP contribution is 2.32. The van der Waals surface area contributed by atoms with Crippen molar-refractivity contribution in [2.45, 2.75) is 17.6 Å². The first-order valence-corrected chi connectivity index (χ1v) is 11.7. The number of aromatic nitrogens is 4. The van der Waals surface area contributed by atoms with Crippen molar-refractivity contribution in [3.05, 3.63) is 60.2 Å². The summed E-state index contributed by atoms with van der Waals surface area (Å²) in [7, 11) is -3.79. The molecule has 1 aromatic carbocycles. The number of sulfonamides is 1.